The molecule has 32 heavy (non-hydrogen) atoms. The third kappa shape index (κ3) is 5.37. The van der Waals surface area contributed by atoms with Gasteiger partial charge in [-0.3, -0.25) is 4.79 Å². The second kappa shape index (κ2) is 10.5. The van der Waals surface area contributed by atoms with Crippen LogP contribution in [0.1, 0.15) is 36.8 Å². The Morgan fingerprint density at radius 2 is 2.03 bits per heavy atom. The lowest BCUT2D eigenvalue weighted by molar-refractivity contribution is -0.116. The molecule has 1 saturated heterocycles. The van der Waals surface area contributed by atoms with E-state index >= 15 is 0 Å². The van der Waals surface area contributed by atoms with Crippen molar-refractivity contribution in [1.29, 1.82) is 5.41 Å². The number of nitrogens with one attached hydrogen (secondary N) is 2. The Bertz CT molecular complexity index is 964. The van der Waals surface area contributed by atoms with Crippen LogP contribution in [0.5, 0.6) is 5.88 Å². The molecule has 1 aromatic heterocycles. The van der Waals surface area contributed by atoms with Crippen molar-refractivity contribution in [2.75, 3.05) is 55.3 Å². The van der Waals surface area contributed by atoms with Crippen LogP contribution >= 0.6 is 0 Å². The topological polar surface area (TPSA) is 108 Å². The van der Waals surface area contributed by atoms with E-state index in [4.69, 9.17) is 15.9 Å². The number of amides is 1. The molecule has 0 atom stereocenters. The summed E-state index contributed by atoms with van der Waals surface area (Å²) in [6.07, 6.45) is 5.69. The van der Waals surface area contributed by atoms with E-state index in [0.29, 0.717) is 30.4 Å². The van der Waals surface area contributed by atoms with Crippen LogP contribution < -0.4 is 20.7 Å². The third-order valence-corrected chi connectivity index (χ3v) is 6.15. The van der Waals surface area contributed by atoms with Crippen LogP contribution in [-0.4, -0.2) is 61.3 Å². The van der Waals surface area contributed by atoms with E-state index in [2.05, 4.69) is 26.2 Å². The number of nitrogen functional groups attached to an aromatic ring is 1. The number of unbranched alkanes of at least 4 members (excludes halogenated alkanes) is 1. The summed E-state index contributed by atoms with van der Waals surface area (Å²) in [5.74, 6) is 1.23. The molecule has 1 fully saturated rings. The van der Waals surface area contributed by atoms with Crippen molar-refractivity contribution in [2.24, 2.45) is 0 Å². The second-order valence-electron chi connectivity index (χ2n) is 8.37. The molecular weight excluding hydrogens is 404 g/mol. The molecule has 8 heteroatoms. The number of hydrogen-bond donors (Lipinski definition) is 3. The van der Waals surface area contributed by atoms with Crippen molar-refractivity contribution >= 4 is 29.3 Å². The lowest BCUT2D eigenvalue weighted by Gasteiger charge is -2.25. The number of nitrogens with zero attached hydrogens (tertiary/aromatic N) is 3. The first-order chi connectivity index (χ1) is 15.6. The predicted molar refractivity (Wildman–Crippen MR) is 128 cm³/mol. The van der Waals surface area contributed by atoms with Gasteiger partial charge in [0.25, 0.3) is 0 Å². The Labute approximate surface area is 189 Å². The lowest BCUT2D eigenvalue weighted by atomic mass is 10.1. The number of hydrogen-bond acceptors (Lipinski definition) is 7. The number of benzene rings is 1. The summed E-state index contributed by atoms with van der Waals surface area (Å²) >= 11 is 0. The molecule has 1 aromatic carbocycles. The highest BCUT2D eigenvalue weighted by Gasteiger charge is 2.18. The average molecular weight is 437 g/mol. The van der Waals surface area contributed by atoms with E-state index in [1.807, 2.05) is 24.3 Å². The minimum atomic E-state index is 0.0169. The fourth-order valence-electron chi connectivity index (χ4n) is 4.32. The van der Waals surface area contributed by atoms with E-state index in [-0.39, 0.29) is 5.91 Å². The van der Waals surface area contributed by atoms with Gasteiger partial charge >= 0.3 is 0 Å². The number of ether oxygens (including phenoxy) is 1. The summed E-state index contributed by atoms with van der Waals surface area (Å²) in [6.45, 7) is 5.65. The van der Waals surface area contributed by atoms with Crippen LogP contribution in [0.25, 0.3) is 0 Å². The van der Waals surface area contributed by atoms with Gasteiger partial charge in [-0.2, -0.15) is 4.98 Å². The average Bonchev–Trinajstić information content (AvgIpc) is 3.04. The van der Waals surface area contributed by atoms with Gasteiger partial charge in [0, 0.05) is 43.9 Å². The van der Waals surface area contributed by atoms with Crippen LogP contribution in [0.15, 0.2) is 30.3 Å². The fourth-order valence-corrected chi connectivity index (χ4v) is 4.32. The van der Waals surface area contributed by atoms with E-state index < -0.39 is 0 Å². The molecule has 0 spiro atoms. The summed E-state index contributed by atoms with van der Waals surface area (Å²) in [4.78, 5) is 20.8. The molecule has 0 radical (unpaired) electrons. The van der Waals surface area contributed by atoms with Crippen molar-refractivity contribution < 1.29 is 9.53 Å². The van der Waals surface area contributed by atoms with Gasteiger partial charge in [-0.1, -0.05) is 12.1 Å². The molecule has 170 valence electrons. The smallest absolute Gasteiger partial charge is 0.225 e. The Morgan fingerprint density at radius 3 is 2.91 bits per heavy atom. The van der Waals surface area contributed by atoms with Gasteiger partial charge < -0.3 is 31.0 Å². The number of anilines is 3. The van der Waals surface area contributed by atoms with Gasteiger partial charge in [-0.05, 0) is 56.5 Å². The number of para-hydroxylation sites is 1. The van der Waals surface area contributed by atoms with Crippen LogP contribution in [0, 0.1) is 5.41 Å². The van der Waals surface area contributed by atoms with Gasteiger partial charge in [0.15, 0.2) is 0 Å². The maximum atomic E-state index is 11.5. The molecule has 0 aliphatic carbocycles. The Kier molecular flexibility index (Phi) is 7.21. The molecule has 2 aliphatic rings. The minimum absolute atomic E-state index is 0.0169. The van der Waals surface area contributed by atoms with E-state index in [0.717, 1.165) is 75.2 Å². The summed E-state index contributed by atoms with van der Waals surface area (Å²) in [5.41, 5.74) is 9.85. The van der Waals surface area contributed by atoms with Crippen LogP contribution in [0.4, 0.5) is 17.2 Å². The summed E-state index contributed by atoms with van der Waals surface area (Å²) in [6, 6.07) is 9.78. The number of fused-ring (bicyclic) bond motifs is 1. The maximum Gasteiger partial charge on any atom is 0.225 e. The summed E-state index contributed by atoms with van der Waals surface area (Å²) in [7, 11) is 0. The zero-order valence-corrected chi connectivity index (χ0v) is 18.5. The molecule has 0 unspecified atom stereocenters. The van der Waals surface area contributed by atoms with Crippen molar-refractivity contribution in [3.8, 4) is 5.88 Å². The normalized spacial score (nSPS) is 16.8. The number of carbonyl (C=O) groups is 1. The zero-order valence-electron chi connectivity index (χ0n) is 18.5. The molecule has 4 N–H and O–H groups in total. The van der Waals surface area contributed by atoms with Gasteiger partial charge in [0.2, 0.25) is 11.8 Å². The largest absolute Gasteiger partial charge is 0.478 e. The van der Waals surface area contributed by atoms with Gasteiger partial charge in [-0.15, -0.1) is 0 Å². The number of carbonyl (C=O) groups excluding carboxylic acids is 1. The minimum Gasteiger partial charge on any atom is -0.478 e. The third-order valence-electron chi connectivity index (χ3n) is 6.15. The number of aromatic nitrogens is 1. The highest BCUT2D eigenvalue weighted by Crippen LogP contribution is 2.27. The number of rotatable bonds is 8. The molecule has 0 bridgehead atoms. The predicted octanol–water partition coefficient (Wildman–Crippen LogP) is 2.92. The summed E-state index contributed by atoms with van der Waals surface area (Å²) in [5, 5.41) is 10.3. The fraction of sp³-hybridized carbons (Fsp3) is 0.458. The van der Waals surface area contributed by atoms with E-state index in [1.165, 1.54) is 6.21 Å². The first kappa shape index (κ1) is 22.1. The molecule has 4 rings (SSSR count). The molecular formula is C24H32N6O2. The van der Waals surface area contributed by atoms with Crippen molar-refractivity contribution in [1.82, 2.24) is 9.88 Å². The SMILES string of the molecule is N=Cc1cccc(N2CCCN(CCCCOc3ccc4c(n3)NC(=O)CC4)CC2)c1N. The Hall–Kier alpha value is -3.13. The highest BCUT2D eigenvalue weighted by atomic mass is 16.5. The highest BCUT2D eigenvalue weighted by molar-refractivity contribution is 5.92. The molecule has 3 heterocycles. The first-order valence-corrected chi connectivity index (χ1v) is 11.4. The number of aryl methyl sites for hydroxylation is 1. The molecule has 1 amide bonds. The van der Waals surface area contributed by atoms with Crippen LogP contribution in [0.2, 0.25) is 0 Å². The van der Waals surface area contributed by atoms with Crippen LogP contribution in [0.3, 0.4) is 0 Å². The second-order valence-corrected chi connectivity index (χ2v) is 8.37. The van der Waals surface area contributed by atoms with Crippen molar-refractivity contribution in [2.45, 2.75) is 32.1 Å². The Balaban J connectivity index is 1.19. The standard InChI is InChI=1S/C24H32N6O2/c25-17-19-5-3-6-20(23(19)26)30-13-4-12-29(14-15-30)11-1-2-16-32-22-10-8-18-7-9-21(31)27-24(18)28-22/h3,5-6,8,10,17,25H,1-2,4,7,9,11-16,26H2,(H,27,28,31). The van der Waals surface area contributed by atoms with E-state index in [9.17, 15) is 4.79 Å². The monoisotopic (exact) mass is 436 g/mol. The summed E-state index contributed by atoms with van der Waals surface area (Å²) < 4.78 is 5.81. The molecule has 2 aliphatic heterocycles. The van der Waals surface area contributed by atoms with Gasteiger partial charge in [0.05, 0.1) is 18.0 Å². The van der Waals surface area contributed by atoms with Crippen molar-refractivity contribution in [3.63, 3.8) is 0 Å². The van der Waals surface area contributed by atoms with Gasteiger partial charge in [-0.25, -0.2) is 0 Å². The quantitative estimate of drug-likeness (QED) is 0.334. The lowest BCUT2D eigenvalue weighted by Crippen LogP contribution is -2.32. The molecule has 2 aromatic rings. The van der Waals surface area contributed by atoms with Crippen molar-refractivity contribution in [3.05, 3.63) is 41.5 Å². The zero-order chi connectivity index (χ0) is 22.3. The maximum absolute atomic E-state index is 11.5. The number of nitrogens with two attached hydrogens (primary N) is 1. The van der Waals surface area contributed by atoms with E-state index in [1.54, 1.807) is 0 Å². The number of pyridine rings is 1. The van der Waals surface area contributed by atoms with Gasteiger partial charge in [0.1, 0.15) is 5.82 Å². The first-order valence-electron chi connectivity index (χ1n) is 11.4. The van der Waals surface area contributed by atoms with Crippen LogP contribution in [-0.2, 0) is 11.2 Å². The molecule has 8 nitrogen and oxygen atoms in total. The Morgan fingerprint density at radius 1 is 1.12 bits per heavy atom. The molecule has 0 saturated carbocycles.